The number of nitrogens with one attached hydrogen (secondary N) is 1. The van der Waals surface area contributed by atoms with E-state index in [1.54, 1.807) is 12.1 Å². The van der Waals surface area contributed by atoms with Crippen LogP contribution in [-0.2, 0) is 5.41 Å². The Kier molecular flexibility index (Phi) is 3.26. The fourth-order valence-corrected chi connectivity index (χ4v) is 4.68. The van der Waals surface area contributed by atoms with Gasteiger partial charge in [-0.2, -0.15) is 0 Å². The Morgan fingerprint density at radius 2 is 1.88 bits per heavy atom. The summed E-state index contributed by atoms with van der Waals surface area (Å²) in [5.74, 6) is 0.213. The number of hydrogen-bond acceptors (Lipinski definition) is 4. The molecule has 130 valence electrons. The quantitative estimate of drug-likeness (QED) is 0.513. The third-order valence-electron chi connectivity index (χ3n) is 5.60. The van der Waals surface area contributed by atoms with Crippen LogP contribution in [0.5, 0.6) is 5.75 Å². The summed E-state index contributed by atoms with van der Waals surface area (Å²) in [5, 5.41) is 14.3. The number of rotatable bonds is 3. The van der Waals surface area contributed by atoms with E-state index in [4.69, 9.17) is 5.73 Å². The van der Waals surface area contributed by atoms with Gasteiger partial charge in [-0.1, -0.05) is 24.3 Å². The molecular weight excluding hydrogens is 344 g/mol. The van der Waals surface area contributed by atoms with Crippen LogP contribution in [0.4, 0.5) is 0 Å². The van der Waals surface area contributed by atoms with E-state index in [1.807, 2.05) is 23.6 Å². The molecule has 0 saturated heterocycles. The predicted molar refractivity (Wildman–Crippen MR) is 107 cm³/mol. The summed E-state index contributed by atoms with van der Waals surface area (Å²) in [5.41, 5.74) is 9.68. The van der Waals surface area contributed by atoms with Crippen molar-refractivity contribution in [3.05, 3.63) is 63.8 Å². The predicted octanol–water partition coefficient (Wildman–Crippen LogP) is 4.11. The van der Waals surface area contributed by atoms with Crippen LogP contribution in [0.15, 0.2) is 52.6 Å². The Morgan fingerprint density at radius 1 is 1.12 bits per heavy atom. The zero-order valence-electron chi connectivity index (χ0n) is 14.1. The number of H-pyrrole nitrogens is 1. The molecule has 1 aliphatic rings. The minimum Gasteiger partial charge on any atom is -0.507 e. The Labute approximate surface area is 153 Å². The van der Waals surface area contributed by atoms with E-state index >= 15 is 0 Å². The molecule has 0 spiro atoms. The average molecular weight is 362 g/mol. The lowest BCUT2D eigenvalue weighted by molar-refractivity contribution is 0.478. The van der Waals surface area contributed by atoms with Crippen LogP contribution in [0.2, 0.25) is 0 Å². The number of hydrogen-bond donors (Lipinski definition) is 3. The van der Waals surface area contributed by atoms with Gasteiger partial charge in [0.25, 0.3) is 5.56 Å². The van der Waals surface area contributed by atoms with Crippen LogP contribution in [0.1, 0.15) is 18.4 Å². The first-order valence-corrected chi connectivity index (χ1v) is 9.57. The Bertz CT molecular complexity index is 1200. The van der Waals surface area contributed by atoms with Crippen molar-refractivity contribution in [2.24, 2.45) is 5.73 Å². The molecule has 0 bridgehead atoms. The molecule has 0 amide bonds. The van der Waals surface area contributed by atoms with Crippen molar-refractivity contribution >= 4 is 32.3 Å². The van der Waals surface area contributed by atoms with E-state index in [2.05, 4.69) is 17.1 Å². The second-order valence-corrected chi connectivity index (χ2v) is 7.98. The first-order chi connectivity index (χ1) is 12.6. The number of pyridine rings is 1. The van der Waals surface area contributed by atoms with Gasteiger partial charge < -0.3 is 15.8 Å². The zero-order chi connectivity index (χ0) is 17.9. The Hall–Kier alpha value is -2.63. The summed E-state index contributed by atoms with van der Waals surface area (Å²) >= 11 is 1.42. The van der Waals surface area contributed by atoms with Crippen LogP contribution in [0, 0.1) is 0 Å². The molecule has 0 aliphatic heterocycles. The number of fused-ring (bicyclic) bond motifs is 3. The Morgan fingerprint density at radius 3 is 2.58 bits per heavy atom. The maximum absolute atomic E-state index is 12.3. The number of benzene rings is 2. The molecule has 1 fully saturated rings. The fourth-order valence-electron chi connectivity index (χ4n) is 3.88. The first-order valence-electron chi connectivity index (χ1n) is 8.69. The molecule has 0 atom stereocenters. The lowest BCUT2D eigenvalue weighted by atomic mass is 9.92. The van der Waals surface area contributed by atoms with E-state index in [9.17, 15) is 9.90 Å². The fraction of sp³-hybridized carbons (Fsp3) is 0.190. The topological polar surface area (TPSA) is 79.1 Å². The van der Waals surface area contributed by atoms with Gasteiger partial charge in [-0.3, -0.25) is 4.79 Å². The molecule has 0 radical (unpaired) electrons. The second-order valence-electron chi connectivity index (χ2n) is 7.06. The van der Waals surface area contributed by atoms with Gasteiger partial charge in [0.2, 0.25) is 0 Å². The van der Waals surface area contributed by atoms with Crippen molar-refractivity contribution in [2.75, 3.05) is 6.54 Å². The van der Waals surface area contributed by atoms with Crippen LogP contribution >= 0.6 is 11.3 Å². The number of phenolic OH excluding ortho intramolecular Hbond substituents is 1. The summed E-state index contributed by atoms with van der Waals surface area (Å²) in [7, 11) is 0. The highest BCUT2D eigenvalue weighted by molar-refractivity contribution is 7.17. The molecule has 1 aliphatic carbocycles. The number of phenols is 1. The van der Waals surface area contributed by atoms with Crippen LogP contribution in [0.3, 0.4) is 0 Å². The minimum absolute atomic E-state index is 0.0897. The maximum Gasteiger partial charge on any atom is 0.266 e. The molecule has 5 rings (SSSR count). The molecule has 4 aromatic rings. The number of aromatic hydroxyl groups is 1. The molecule has 2 aromatic heterocycles. The minimum atomic E-state index is -0.0897. The molecule has 26 heavy (non-hydrogen) atoms. The second kappa shape index (κ2) is 5.43. The number of aromatic nitrogens is 1. The number of aromatic amines is 1. The summed E-state index contributed by atoms with van der Waals surface area (Å²) in [6.45, 7) is 0.669. The molecule has 5 heteroatoms. The molecule has 2 heterocycles. The lowest BCUT2D eigenvalue weighted by Crippen LogP contribution is -2.19. The monoisotopic (exact) mass is 362 g/mol. The van der Waals surface area contributed by atoms with Gasteiger partial charge in [0.15, 0.2) is 0 Å². The number of thiophene rings is 1. The summed E-state index contributed by atoms with van der Waals surface area (Å²) < 4.78 is 0.682. The van der Waals surface area contributed by atoms with Crippen LogP contribution in [0.25, 0.3) is 32.1 Å². The average Bonchev–Trinajstić information content (AvgIpc) is 3.30. The summed E-state index contributed by atoms with van der Waals surface area (Å²) in [4.78, 5) is 15.2. The molecule has 1 saturated carbocycles. The number of nitrogens with two attached hydrogens (primary N) is 1. The maximum atomic E-state index is 12.3. The van der Waals surface area contributed by atoms with Gasteiger partial charge in [-0.25, -0.2) is 0 Å². The van der Waals surface area contributed by atoms with E-state index in [0.29, 0.717) is 11.2 Å². The summed E-state index contributed by atoms with van der Waals surface area (Å²) in [6, 6.07) is 13.7. The third-order valence-corrected chi connectivity index (χ3v) is 6.52. The van der Waals surface area contributed by atoms with Crippen molar-refractivity contribution in [3.63, 3.8) is 0 Å². The SMILES string of the molecule is NCC1(c2ccc(-c3c(O)ccc4[nH]c(=O)c5sccc5c34)cc2)CC1. The van der Waals surface area contributed by atoms with Crippen LogP contribution < -0.4 is 11.3 Å². The highest BCUT2D eigenvalue weighted by Gasteiger charge is 2.42. The summed E-state index contributed by atoms with van der Waals surface area (Å²) in [6.07, 6.45) is 2.28. The highest BCUT2D eigenvalue weighted by Crippen LogP contribution is 2.48. The third kappa shape index (κ3) is 2.14. The van der Waals surface area contributed by atoms with Crippen molar-refractivity contribution in [1.82, 2.24) is 4.98 Å². The standard InChI is InChI=1S/C21H18N2O2S/c22-11-21(8-9-21)13-3-1-12(2-4-13)17-16(24)6-5-15-18(17)14-7-10-26-19(14)20(25)23-15/h1-7,10,24H,8-9,11,22H2,(H,23,25). The molecule has 4 nitrogen and oxygen atoms in total. The van der Waals surface area contributed by atoms with Gasteiger partial charge in [0.1, 0.15) is 10.4 Å². The van der Waals surface area contributed by atoms with Gasteiger partial charge in [-0.05, 0) is 47.5 Å². The molecule has 2 aromatic carbocycles. The highest BCUT2D eigenvalue weighted by atomic mass is 32.1. The lowest BCUT2D eigenvalue weighted by Gasteiger charge is -2.15. The van der Waals surface area contributed by atoms with E-state index < -0.39 is 0 Å². The largest absolute Gasteiger partial charge is 0.507 e. The van der Waals surface area contributed by atoms with Crippen molar-refractivity contribution in [1.29, 1.82) is 0 Å². The van der Waals surface area contributed by atoms with Gasteiger partial charge in [0.05, 0.1) is 0 Å². The van der Waals surface area contributed by atoms with E-state index in [1.165, 1.54) is 16.9 Å². The van der Waals surface area contributed by atoms with Gasteiger partial charge >= 0.3 is 0 Å². The smallest absolute Gasteiger partial charge is 0.266 e. The van der Waals surface area contributed by atoms with Gasteiger partial charge in [-0.15, -0.1) is 11.3 Å². The van der Waals surface area contributed by atoms with Crippen molar-refractivity contribution in [3.8, 4) is 16.9 Å². The normalized spacial score (nSPS) is 15.6. The van der Waals surface area contributed by atoms with E-state index in [-0.39, 0.29) is 16.7 Å². The van der Waals surface area contributed by atoms with Gasteiger partial charge in [0, 0.05) is 33.8 Å². The molecular formula is C21H18N2O2S. The first kappa shape index (κ1) is 15.6. The van der Waals surface area contributed by atoms with Crippen LogP contribution in [-0.4, -0.2) is 16.6 Å². The zero-order valence-corrected chi connectivity index (χ0v) is 14.9. The van der Waals surface area contributed by atoms with Crippen molar-refractivity contribution in [2.45, 2.75) is 18.3 Å². The molecule has 0 unspecified atom stereocenters. The Balaban J connectivity index is 1.77. The van der Waals surface area contributed by atoms with E-state index in [0.717, 1.165) is 40.3 Å². The molecule has 4 N–H and O–H groups in total. The van der Waals surface area contributed by atoms with Crippen molar-refractivity contribution < 1.29 is 5.11 Å².